The highest BCUT2D eigenvalue weighted by molar-refractivity contribution is 5.79. The molecule has 2 saturated carbocycles. The van der Waals surface area contributed by atoms with E-state index in [1.54, 1.807) is 0 Å². The van der Waals surface area contributed by atoms with Crippen LogP contribution in [-0.4, -0.2) is 23.3 Å². The zero-order chi connectivity index (χ0) is 13.3. The second kappa shape index (κ2) is 3.38. The smallest absolute Gasteiger partial charge is 0.313 e. The van der Waals surface area contributed by atoms with Crippen molar-refractivity contribution in [3.05, 3.63) is 12.2 Å². The van der Waals surface area contributed by atoms with E-state index in [9.17, 15) is 9.90 Å². The van der Waals surface area contributed by atoms with E-state index < -0.39 is 5.60 Å². The molecule has 0 aromatic carbocycles. The second-order valence-electron chi connectivity index (χ2n) is 7.03. The molecule has 1 saturated heterocycles. The van der Waals surface area contributed by atoms with Crippen LogP contribution in [0.3, 0.4) is 0 Å². The largest absolute Gasteiger partial charge is 0.465 e. The van der Waals surface area contributed by atoms with Gasteiger partial charge in [0.05, 0.1) is 18.1 Å². The predicted octanol–water partition coefficient (Wildman–Crippen LogP) is 2.15. The van der Waals surface area contributed by atoms with E-state index in [-0.39, 0.29) is 29.1 Å². The number of cyclic esters (lactones) is 1. The van der Waals surface area contributed by atoms with Crippen molar-refractivity contribution in [1.29, 1.82) is 0 Å². The molecular weight excluding hydrogens is 228 g/mol. The highest BCUT2D eigenvalue weighted by Gasteiger charge is 2.65. The molecular formula is C15H22O3. The highest BCUT2D eigenvalue weighted by Crippen LogP contribution is 2.65. The molecule has 5 atom stereocenters. The van der Waals surface area contributed by atoms with Crippen molar-refractivity contribution in [2.45, 2.75) is 39.2 Å². The summed E-state index contributed by atoms with van der Waals surface area (Å²) in [6.07, 6.45) is 1.98. The molecule has 0 spiro atoms. The van der Waals surface area contributed by atoms with Gasteiger partial charge in [0.2, 0.25) is 0 Å². The van der Waals surface area contributed by atoms with Crippen molar-refractivity contribution < 1.29 is 14.6 Å². The first-order chi connectivity index (χ1) is 8.27. The molecule has 2 aliphatic carbocycles. The van der Waals surface area contributed by atoms with Crippen LogP contribution in [-0.2, 0) is 9.53 Å². The first-order valence-electron chi connectivity index (χ1n) is 6.85. The normalized spacial score (nSPS) is 47.1. The summed E-state index contributed by atoms with van der Waals surface area (Å²) < 4.78 is 5.32. The Morgan fingerprint density at radius 2 is 2.17 bits per heavy atom. The van der Waals surface area contributed by atoms with Crippen molar-refractivity contribution in [3.63, 3.8) is 0 Å². The second-order valence-corrected chi connectivity index (χ2v) is 7.03. The summed E-state index contributed by atoms with van der Waals surface area (Å²) in [7, 11) is 0. The van der Waals surface area contributed by atoms with Gasteiger partial charge in [-0.1, -0.05) is 19.1 Å². The lowest BCUT2D eigenvalue weighted by Crippen LogP contribution is -2.49. The summed E-state index contributed by atoms with van der Waals surface area (Å²) in [5, 5.41) is 10.4. The standard InChI is InChI=1S/C15H22O3/c1-8-11-12-9(14(2,3)17)5-6-15(8,4)10(12)7-18-13(11)16/h9-12,17H,1,5-7H2,2-4H3/t9-,10-,11-,12-,15-/m0/s1. The lowest BCUT2D eigenvalue weighted by Gasteiger charge is -2.47. The van der Waals surface area contributed by atoms with Gasteiger partial charge in [-0.05, 0) is 43.9 Å². The Morgan fingerprint density at radius 1 is 1.50 bits per heavy atom. The van der Waals surface area contributed by atoms with Gasteiger partial charge in [0.15, 0.2) is 0 Å². The molecule has 0 amide bonds. The number of aliphatic hydroxyl groups is 1. The van der Waals surface area contributed by atoms with Crippen LogP contribution in [0.5, 0.6) is 0 Å². The van der Waals surface area contributed by atoms with Crippen LogP contribution in [0.2, 0.25) is 0 Å². The molecule has 0 aromatic heterocycles. The van der Waals surface area contributed by atoms with Gasteiger partial charge in [-0.25, -0.2) is 0 Å². The minimum atomic E-state index is -0.731. The van der Waals surface area contributed by atoms with E-state index in [2.05, 4.69) is 13.5 Å². The molecule has 0 radical (unpaired) electrons. The minimum Gasteiger partial charge on any atom is -0.465 e. The van der Waals surface area contributed by atoms with Gasteiger partial charge < -0.3 is 9.84 Å². The van der Waals surface area contributed by atoms with Gasteiger partial charge in [0.1, 0.15) is 0 Å². The van der Waals surface area contributed by atoms with E-state index in [1.165, 1.54) is 0 Å². The third-order valence-electron chi connectivity index (χ3n) is 5.78. The first-order valence-corrected chi connectivity index (χ1v) is 6.85. The SMILES string of the molecule is C=C1[C@@H]2C(=O)OC[C@H]3[C@@H]2[C@@H](C(C)(C)O)CC[C@@]13C. The number of carbonyl (C=O) groups excluding carboxylic acids is 1. The number of hydrogen-bond donors (Lipinski definition) is 1. The minimum absolute atomic E-state index is 0.0310. The van der Waals surface area contributed by atoms with Crippen molar-refractivity contribution in [2.75, 3.05) is 6.61 Å². The Hall–Kier alpha value is -0.830. The summed E-state index contributed by atoms with van der Waals surface area (Å²) in [6.45, 7) is 10.6. The molecule has 1 N–H and O–H groups in total. The van der Waals surface area contributed by atoms with Crippen LogP contribution in [0.4, 0.5) is 0 Å². The van der Waals surface area contributed by atoms with Gasteiger partial charge in [-0.2, -0.15) is 0 Å². The molecule has 3 rings (SSSR count). The average Bonchev–Trinajstić information content (AvgIpc) is 2.34. The molecule has 3 heteroatoms. The van der Waals surface area contributed by atoms with Crippen molar-refractivity contribution >= 4 is 5.97 Å². The van der Waals surface area contributed by atoms with E-state index in [1.807, 2.05) is 13.8 Å². The molecule has 3 aliphatic rings. The monoisotopic (exact) mass is 250 g/mol. The quantitative estimate of drug-likeness (QED) is 0.573. The van der Waals surface area contributed by atoms with Gasteiger partial charge in [-0.3, -0.25) is 4.79 Å². The van der Waals surface area contributed by atoms with Crippen LogP contribution < -0.4 is 0 Å². The maximum atomic E-state index is 12.1. The zero-order valence-corrected chi connectivity index (χ0v) is 11.4. The van der Waals surface area contributed by atoms with Crippen molar-refractivity contribution in [2.24, 2.45) is 29.1 Å². The maximum Gasteiger partial charge on any atom is 0.313 e. The van der Waals surface area contributed by atoms with Gasteiger partial charge in [0.25, 0.3) is 0 Å². The number of hydrogen-bond acceptors (Lipinski definition) is 3. The van der Waals surface area contributed by atoms with Gasteiger partial charge in [0, 0.05) is 5.92 Å². The summed E-state index contributed by atoms with van der Waals surface area (Å²) >= 11 is 0. The summed E-state index contributed by atoms with van der Waals surface area (Å²) in [5.74, 6) is 0.428. The van der Waals surface area contributed by atoms with Crippen molar-refractivity contribution in [3.8, 4) is 0 Å². The summed E-state index contributed by atoms with van der Waals surface area (Å²) in [4.78, 5) is 12.1. The van der Waals surface area contributed by atoms with E-state index in [0.717, 1.165) is 18.4 Å². The Morgan fingerprint density at radius 3 is 2.78 bits per heavy atom. The lowest BCUT2D eigenvalue weighted by atomic mass is 9.60. The van der Waals surface area contributed by atoms with Crippen LogP contribution in [0.1, 0.15) is 33.6 Å². The van der Waals surface area contributed by atoms with E-state index in [4.69, 9.17) is 4.74 Å². The molecule has 1 aliphatic heterocycles. The van der Waals surface area contributed by atoms with Crippen molar-refractivity contribution in [1.82, 2.24) is 0 Å². The van der Waals surface area contributed by atoms with Gasteiger partial charge >= 0.3 is 5.97 Å². The molecule has 3 nitrogen and oxygen atoms in total. The Labute approximate surface area is 108 Å². The lowest BCUT2D eigenvalue weighted by molar-refractivity contribution is -0.166. The summed E-state index contributed by atoms with van der Waals surface area (Å²) in [6, 6.07) is 0. The maximum absolute atomic E-state index is 12.1. The highest BCUT2D eigenvalue weighted by atomic mass is 16.5. The third-order valence-corrected chi connectivity index (χ3v) is 5.78. The molecule has 1 heterocycles. The Kier molecular flexibility index (Phi) is 2.30. The van der Waals surface area contributed by atoms with E-state index in [0.29, 0.717) is 12.5 Å². The Balaban J connectivity index is 2.08. The van der Waals surface area contributed by atoms with Crippen LogP contribution in [0.25, 0.3) is 0 Å². The number of carbonyl (C=O) groups is 1. The molecule has 0 unspecified atom stereocenters. The first kappa shape index (κ1) is 12.2. The zero-order valence-electron chi connectivity index (χ0n) is 11.4. The number of ether oxygens (including phenoxy) is 1. The van der Waals surface area contributed by atoms with Crippen LogP contribution >= 0.6 is 0 Å². The molecule has 4 bridgehead atoms. The average molecular weight is 250 g/mol. The molecule has 3 fully saturated rings. The fourth-order valence-corrected chi connectivity index (χ4v) is 4.67. The van der Waals surface area contributed by atoms with E-state index >= 15 is 0 Å². The third kappa shape index (κ3) is 1.31. The topological polar surface area (TPSA) is 46.5 Å². The molecule has 0 aromatic rings. The molecule has 100 valence electrons. The molecule has 18 heavy (non-hydrogen) atoms. The fourth-order valence-electron chi connectivity index (χ4n) is 4.67. The Bertz CT molecular complexity index is 420. The van der Waals surface area contributed by atoms with Crippen LogP contribution in [0, 0.1) is 29.1 Å². The van der Waals surface area contributed by atoms with Crippen LogP contribution in [0.15, 0.2) is 12.2 Å². The number of esters is 1. The van der Waals surface area contributed by atoms with Gasteiger partial charge in [-0.15, -0.1) is 0 Å². The predicted molar refractivity (Wildman–Crippen MR) is 67.7 cm³/mol. The number of rotatable bonds is 1. The fraction of sp³-hybridized carbons (Fsp3) is 0.800. The summed E-state index contributed by atoms with van der Waals surface area (Å²) in [5.41, 5.74) is 0.348.